The molecule has 2 amide bonds. The lowest BCUT2D eigenvalue weighted by Crippen LogP contribution is -2.41. The topological polar surface area (TPSA) is 74.0 Å². The third kappa shape index (κ3) is 2.47. The van der Waals surface area contributed by atoms with Gasteiger partial charge in [0.05, 0.1) is 5.56 Å². The molecule has 1 aliphatic rings. The Bertz CT molecular complexity index is 1210. The number of carbonyl (C=O) groups is 2. The van der Waals surface area contributed by atoms with Crippen LogP contribution in [-0.2, 0) is 12.8 Å². The van der Waals surface area contributed by atoms with E-state index in [4.69, 9.17) is 0 Å². The molecule has 3 N–H and O–H groups in total. The number of aromatic nitrogens is 1. The molecule has 0 atom stereocenters. The van der Waals surface area contributed by atoms with Crippen molar-refractivity contribution in [3.63, 3.8) is 0 Å². The first kappa shape index (κ1) is 15.6. The zero-order chi connectivity index (χ0) is 18.4. The molecule has 1 heterocycles. The number of amides is 2. The van der Waals surface area contributed by atoms with Gasteiger partial charge in [-0.1, -0.05) is 42.5 Å². The fourth-order valence-electron chi connectivity index (χ4n) is 3.95. The molecule has 0 aliphatic heterocycles. The SMILES string of the molecule is O=C(NNC(=O)c1ccc2c3c(cccc13)CC2)c1c[nH]c2ccccc12. The van der Waals surface area contributed by atoms with E-state index in [1.54, 1.807) is 6.20 Å². The zero-order valence-corrected chi connectivity index (χ0v) is 14.5. The van der Waals surface area contributed by atoms with E-state index in [0.717, 1.165) is 29.1 Å². The van der Waals surface area contributed by atoms with Gasteiger partial charge in [-0.25, -0.2) is 0 Å². The summed E-state index contributed by atoms with van der Waals surface area (Å²) < 4.78 is 0. The summed E-state index contributed by atoms with van der Waals surface area (Å²) in [7, 11) is 0. The second-order valence-corrected chi connectivity index (χ2v) is 6.77. The molecule has 0 fully saturated rings. The minimum Gasteiger partial charge on any atom is -0.360 e. The van der Waals surface area contributed by atoms with Crippen LogP contribution in [0.4, 0.5) is 0 Å². The highest BCUT2D eigenvalue weighted by Gasteiger charge is 2.19. The maximum absolute atomic E-state index is 12.7. The molecule has 132 valence electrons. The van der Waals surface area contributed by atoms with Gasteiger partial charge in [0.2, 0.25) is 0 Å². The summed E-state index contributed by atoms with van der Waals surface area (Å²) in [5, 5.41) is 2.92. The van der Waals surface area contributed by atoms with E-state index >= 15 is 0 Å². The van der Waals surface area contributed by atoms with E-state index in [2.05, 4.69) is 21.9 Å². The van der Waals surface area contributed by atoms with Crippen LogP contribution in [0.15, 0.2) is 60.8 Å². The maximum Gasteiger partial charge on any atom is 0.271 e. The van der Waals surface area contributed by atoms with Crippen LogP contribution in [0, 0.1) is 0 Å². The third-order valence-electron chi connectivity index (χ3n) is 5.24. The van der Waals surface area contributed by atoms with Crippen molar-refractivity contribution in [2.45, 2.75) is 12.8 Å². The van der Waals surface area contributed by atoms with Gasteiger partial charge in [0.25, 0.3) is 11.8 Å². The molecule has 4 aromatic rings. The molecule has 0 unspecified atom stereocenters. The lowest BCUT2D eigenvalue weighted by molar-refractivity contribution is 0.0848. The molecule has 27 heavy (non-hydrogen) atoms. The van der Waals surface area contributed by atoms with E-state index in [1.165, 1.54) is 16.5 Å². The molecule has 0 bridgehead atoms. The standard InChI is InChI=1S/C22H17N3O2/c26-21(17-11-10-14-9-8-13-4-3-6-16(17)20(13)14)24-25-22(27)18-12-23-19-7-2-1-5-15(18)19/h1-7,10-12,23H,8-9H2,(H,24,26)(H,25,27). The van der Waals surface area contributed by atoms with Gasteiger partial charge in [-0.3, -0.25) is 20.4 Å². The number of carbonyl (C=O) groups excluding carboxylic acids is 2. The number of nitrogens with one attached hydrogen (secondary N) is 3. The van der Waals surface area contributed by atoms with Gasteiger partial charge < -0.3 is 4.98 Å². The van der Waals surface area contributed by atoms with Gasteiger partial charge in [-0.05, 0) is 46.9 Å². The number of H-pyrrole nitrogens is 1. The summed E-state index contributed by atoms with van der Waals surface area (Å²) in [6, 6.07) is 17.4. The van der Waals surface area contributed by atoms with Gasteiger partial charge in [0.1, 0.15) is 0 Å². The Morgan fingerprint density at radius 3 is 2.30 bits per heavy atom. The van der Waals surface area contributed by atoms with Crippen molar-refractivity contribution < 1.29 is 9.59 Å². The number of para-hydroxylation sites is 1. The van der Waals surface area contributed by atoms with Gasteiger partial charge in [0.15, 0.2) is 0 Å². The Labute approximate surface area is 155 Å². The monoisotopic (exact) mass is 355 g/mol. The van der Waals surface area contributed by atoms with Gasteiger partial charge >= 0.3 is 0 Å². The number of hydrazine groups is 1. The number of aryl methyl sites for hydroxylation is 2. The Morgan fingerprint density at radius 1 is 0.741 bits per heavy atom. The van der Waals surface area contributed by atoms with E-state index in [-0.39, 0.29) is 11.8 Å². The molecule has 5 nitrogen and oxygen atoms in total. The van der Waals surface area contributed by atoms with Crippen LogP contribution in [0.2, 0.25) is 0 Å². The van der Waals surface area contributed by atoms with Crippen LogP contribution in [0.3, 0.4) is 0 Å². The van der Waals surface area contributed by atoms with Crippen LogP contribution >= 0.6 is 0 Å². The third-order valence-corrected chi connectivity index (χ3v) is 5.24. The number of fused-ring (bicyclic) bond motifs is 1. The van der Waals surface area contributed by atoms with Crippen molar-refractivity contribution in [3.8, 4) is 0 Å². The molecule has 1 aromatic heterocycles. The first-order chi connectivity index (χ1) is 13.2. The van der Waals surface area contributed by atoms with Crippen molar-refractivity contribution in [1.82, 2.24) is 15.8 Å². The van der Waals surface area contributed by atoms with Crippen molar-refractivity contribution in [2.75, 3.05) is 0 Å². The van der Waals surface area contributed by atoms with Crippen molar-refractivity contribution in [1.29, 1.82) is 0 Å². The molecule has 5 heteroatoms. The molecule has 1 aliphatic carbocycles. The smallest absolute Gasteiger partial charge is 0.271 e. The highest BCUT2D eigenvalue weighted by atomic mass is 16.2. The van der Waals surface area contributed by atoms with Gasteiger partial charge in [-0.15, -0.1) is 0 Å². The van der Waals surface area contributed by atoms with Crippen molar-refractivity contribution in [2.24, 2.45) is 0 Å². The highest BCUT2D eigenvalue weighted by molar-refractivity contribution is 6.11. The summed E-state index contributed by atoms with van der Waals surface area (Å²) in [5.41, 5.74) is 9.57. The van der Waals surface area contributed by atoms with Gasteiger partial charge in [-0.2, -0.15) is 0 Å². The summed E-state index contributed by atoms with van der Waals surface area (Å²) in [4.78, 5) is 28.3. The maximum atomic E-state index is 12.7. The molecule has 0 saturated heterocycles. The fraction of sp³-hybridized carbons (Fsp3) is 0.0909. The second-order valence-electron chi connectivity index (χ2n) is 6.77. The average Bonchev–Trinajstić information content (AvgIpc) is 3.32. The average molecular weight is 355 g/mol. The second kappa shape index (κ2) is 5.99. The molecular formula is C22H17N3O2. The van der Waals surface area contributed by atoms with Crippen LogP contribution in [-0.4, -0.2) is 16.8 Å². The number of hydrogen-bond acceptors (Lipinski definition) is 2. The fourth-order valence-corrected chi connectivity index (χ4v) is 3.95. The Morgan fingerprint density at radius 2 is 1.44 bits per heavy atom. The van der Waals surface area contributed by atoms with Crippen molar-refractivity contribution >= 4 is 33.5 Å². The summed E-state index contributed by atoms with van der Waals surface area (Å²) in [6.07, 6.45) is 3.66. The molecule has 0 radical (unpaired) electrons. The highest BCUT2D eigenvalue weighted by Crippen LogP contribution is 2.32. The van der Waals surface area contributed by atoms with E-state index in [0.29, 0.717) is 11.1 Å². The first-order valence-electron chi connectivity index (χ1n) is 8.92. The first-order valence-corrected chi connectivity index (χ1v) is 8.92. The normalized spacial score (nSPS) is 12.4. The summed E-state index contributed by atoms with van der Waals surface area (Å²) >= 11 is 0. The van der Waals surface area contributed by atoms with Gasteiger partial charge in [0, 0.05) is 22.7 Å². The lowest BCUT2D eigenvalue weighted by Gasteiger charge is -2.10. The van der Waals surface area contributed by atoms with Crippen LogP contribution in [0.5, 0.6) is 0 Å². The van der Waals surface area contributed by atoms with Crippen LogP contribution in [0.25, 0.3) is 21.7 Å². The van der Waals surface area contributed by atoms with E-state index in [9.17, 15) is 9.59 Å². The minimum absolute atomic E-state index is 0.321. The number of rotatable bonds is 2. The molecule has 3 aromatic carbocycles. The largest absolute Gasteiger partial charge is 0.360 e. The molecule has 0 saturated carbocycles. The van der Waals surface area contributed by atoms with E-state index in [1.807, 2.05) is 48.5 Å². The predicted molar refractivity (Wildman–Crippen MR) is 105 cm³/mol. The van der Waals surface area contributed by atoms with E-state index < -0.39 is 0 Å². The van der Waals surface area contributed by atoms with Crippen LogP contribution < -0.4 is 10.9 Å². The van der Waals surface area contributed by atoms with Crippen LogP contribution in [0.1, 0.15) is 31.8 Å². The lowest BCUT2D eigenvalue weighted by atomic mass is 10.00. The molecule has 0 spiro atoms. The quantitative estimate of drug-likeness (QED) is 0.482. The summed E-state index contributed by atoms with van der Waals surface area (Å²) in [6.45, 7) is 0. The minimum atomic E-state index is -0.355. The number of aromatic amines is 1. The Kier molecular flexibility index (Phi) is 3.47. The Hall–Kier alpha value is -3.60. The summed E-state index contributed by atoms with van der Waals surface area (Å²) in [5.74, 6) is -0.675. The molecular weight excluding hydrogens is 338 g/mol. The Balaban J connectivity index is 1.40. The number of benzene rings is 3. The zero-order valence-electron chi connectivity index (χ0n) is 14.5. The number of hydrogen-bond donors (Lipinski definition) is 3. The molecule has 5 rings (SSSR count). The predicted octanol–water partition coefficient (Wildman–Crippen LogP) is 3.49. The van der Waals surface area contributed by atoms with Crippen molar-refractivity contribution in [3.05, 3.63) is 83.0 Å².